The van der Waals surface area contributed by atoms with Crippen molar-refractivity contribution in [3.8, 4) is 10.7 Å². The summed E-state index contributed by atoms with van der Waals surface area (Å²) < 4.78 is 5.35. The first kappa shape index (κ1) is 20.4. The third kappa shape index (κ3) is 6.11. The van der Waals surface area contributed by atoms with E-state index in [-0.39, 0.29) is 12.5 Å². The van der Waals surface area contributed by atoms with Crippen LogP contribution in [0.5, 0.6) is 0 Å². The van der Waals surface area contributed by atoms with Crippen molar-refractivity contribution in [1.29, 1.82) is 0 Å². The number of carbonyl (C=O) groups is 2. The van der Waals surface area contributed by atoms with E-state index in [9.17, 15) is 9.59 Å². The number of hydrogen-bond acceptors (Lipinski definition) is 8. The quantitative estimate of drug-likeness (QED) is 0.716. The lowest BCUT2D eigenvalue weighted by Gasteiger charge is -2.33. The standard InChI is InChI=1S/C18H26N6O3S/c1-13(2)10-19-18(26)20-15(25)11-23-5-7-24(8-6-23)12-16-21-17(22-27-16)14-4-3-9-28-14/h3-4,9,13H,5-8,10-12H2,1-2H3,(H2,19,20,25,26). The van der Waals surface area contributed by atoms with Gasteiger partial charge in [-0.2, -0.15) is 4.98 Å². The lowest BCUT2D eigenvalue weighted by Crippen LogP contribution is -2.51. The molecule has 10 heteroatoms. The molecule has 0 saturated carbocycles. The number of amides is 3. The number of nitrogens with one attached hydrogen (secondary N) is 2. The number of aromatic nitrogens is 2. The van der Waals surface area contributed by atoms with Gasteiger partial charge in [-0.15, -0.1) is 11.3 Å². The van der Waals surface area contributed by atoms with E-state index in [0.717, 1.165) is 31.1 Å². The van der Waals surface area contributed by atoms with Gasteiger partial charge in [0.25, 0.3) is 0 Å². The van der Waals surface area contributed by atoms with E-state index in [0.29, 0.717) is 30.7 Å². The fraction of sp³-hybridized carbons (Fsp3) is 0.556. The van der Waals surface area contributed by atoms with Gasteiger partial charge in [-0.05, 0) is 17.4 Å². The molecule has 0 unspecified atom stereocenters. The first-order chi connectivity index (χ1) is 13.5. The number of hydrogen-bond donors (Lipinski definition) is 2. The predicted octanol–water partition coefficient (Wildman–Crippen LogP) is 1.40. The summed E-state index contributed by atoms with van der Waals surface area (Å²) in [7, 11) is 0. The van der Waals surface area contributed by atoms with Gasteiger partial charge >= 0.3 is 6.03 Å². The van der Waals surface area contributed by atoms with E-state index in [1.807, 2.05) is 36.3 Å². The highest BCUT2D eigenvalue weighted by Crippen LogP contribution is 2.21. The van der Waals surface area contributed by atoms with E-state index in [1.54, 1.807) is 11.3 Å². The molecule has 1 aliphatic rings. The van der Waals surface area contributed by atoms with Gasteiger partial charge in [-0.25, -0.2) is 4.79 Å². The number of thiophene rings is 1. The fourth-order valence-corrected chi connectivity index (χ4v) is 3.48. The van der Waals surface area contributed by atoms with Crippen LogP contribution < -0.4 is 10.6 Å². The van der Waals surface area contributed by atoms with E-state index in [2.05, 4.69) is 25.7 Å². The first-order valence-electron chi connectivity index (χ1n) is 9.38. The summed E-state index contributed by atoms with van der Waals surface area (Å²) in [6.45, 7) is 8.43. The summed E-state index contributed by atoms with van der Waals surface area (Å²) in [5, 5.41) is 11.1. The molecule has 0 spiro atoms. The molecule has 1 fully saturated rings. The monoisotopic (exact) mass is 406 g/mol. The van der Waals surface area contributed by atoms with Crippen molar-refractivity contribution in [3.05, 3.63) is 23.4 Å². The van der Waals surface area contributed by atoms with E-state index < -0.39 is 6.03 Å². The van der Waals surface area contributed by atoms with E-state index >= 15 is 0 Å². The molecule has 2 aromatic heterocycles. The van der Waals surface area contributed by atoms with Crippen LogP contribution in [-0.4, -0.2) is 71.1 Å². The molecule has 0 radical (unpaired) electrons. The van der Waals surface area contributed by atoms with Crippen molar-refractivity contribution in [2.75, 3.05) is 39.3 Å². The minimum atomic E-state index is -0.435. The Bertz CT molecular complexity index is 768. The van der Waals surface area contributed by atoms with Crippen molar-refractivity contribution in [2.24, 2.45) is 5.92 Å². The van der Waals surface area contributed by atoms with Gasteiger partial charge in [0.15, 0.2) is 0 Å². The Morgan fingerprint density at radius 2 is 2.00 bits per heavy atom. The number of nitrogens with zero attached hydrogens (tertiary/aromatic N) is 4. The molecule has 3 amide bonds. The number of piperazine rings is 1. The Labute approximate surface area is 168 Å². The van der Waals surface area contributed by atoms with Crippen molar-refractivity contribution in [3.63, 3.8) is 0 Å². The maximum absolute atomic E-state index is 12.0. The Morgan fingerprint density at radius 3 is 2.68 bits per heavy atom. The molecule has 9 nitrogen and oxygen atoms in total. The molecule has 2 aromatic rings. The molecule has 152 valence electrons. The summed E-state index contributed by atoms with van der Waals surface area (Å²) in [5.41, 5.74) is 0. The topological polar surface area (TPSA) is 104 Å². The van der Waals surface area contributed by atoms with Gasteiger partial charge in [-0.1, -0.05) is 25.1 Å². The second kappa shape index (κ2) is 9.76. The normalized spacial score (nSPS) is 15.7. The zero-order chi connectivity index (χ0) is 19.9. The fourth-order valence-electron chi connectivity index (χ4n) is 2.83. The lowest BCUT2D eigenvalue weighted by molar-refractivity contribution is -0.121. The Hall–Kier alpha value is -2.30. The highest BCUT2D eigenvalue weighted by atomic mass is 32.1. The average Bonchev–Trinajstić information content (AvgIpc) is 3.33. The molecule has 0 bridgehead atoms. The number of imide groups is 1. The molecular weight excluding hydrogens is 380 g/mol. The van der Waals surface area contributed by atoms with Crippen LogP contribution in [0.4, 0.5) is 4.79 Å². The first-order valence-corrected chi connectivity index (χ1v) is 10.3. The second-order valence-electron chi connectivity index (χ2n) is 7.19. The highest BCUT2D eigenvalue weighted by molar-refractivity contribution is 7.13. The van der Waals surface area contributed by atoms with Gasteiger partial charge in [-0.3, -0.25) is 19.9 Å². The zero-order valence-corrected chi connectivity index (χ0v) is 17.0. The third-order valence-electron chi connectivity index (χ3n) is 4.32. The van der Waals surface area contributed by atoms with Crippen LogP contribution in [0, 0.1) is 5.92 Å². The summed E-state index contributed by atoms with van der Waals surface area (Å²) in [5.74, 6) is 1.27. The molecule has 2 N–H and O–H groups in total. The summed E-state index contributed by atoms with van der Waals surface area (Å²) >= 11 is 1.58. The molecule has 3 heterocycles. The number of urea groups is 1. The third-order valence-corrected chi connectivity index (χ3v) is 5.19. The summed E-state index contributed by atoms with van der Waals surface area (Å²) in [4.78, 5) is 33.3. The smallest absolute Gasteiger partial charge is 0.321 e. The van der Waals surface area contributed by atoms with Crippen LogP contribution >= 0.6 is 11.3 Å². The predicted molar refractivity (Wildman–Crippen MR) is 106 cm³/mol. The van der Waals surface area contributed by atoms with E-state index in [4.69, 9.17) is 4.52 Å². The van der Waals surface area contributed by atoms with Crippen molar-refractivity contribution >= 4 is 23.3 Å². The van der Waals surface area contributed by atoms with Crippen molar-refractivity contribution < 1.29 is 14.1 Å². The molecule has 1 saturated heterocycles. The maximum Gasteiger partial charge on any atom is 0.321 e. The largest absolute Gasteiger partial charge is 0.338 e. The average molecular weight is 407 g/mol. The maximum atomic E-state index is 12.0. The zero-order valence-electron chi connectivity index (χ0n) is 16.2. The minimum Gasteiger partial charge on any atom is -0.338 e. The van der Waals surface area contributed by atoms with Crippen LogP contribution in [0.15, 0.2) is 22.0 Å². The minimum absolute atomic E-state index is 0.214. The summed E-state index contributed by atoms with van der Waals surface area (Å²) in [6.07, 6.45) is 0. The van der Waals surface area contributed by atoms with E-state index in [1.165, 1.54) is 0 Å². The van der Waals surface area contributed by atoms with Crippen LogP contribution in [0.3, 0.4) is 0 Å². The van der Waals surface area contributed by atoms with Crippen molar-refractivity contribution in [1.82, 2.24) is 30.6 Å². The van der Waals surface area contributed by atoms with Crippen molar-refractivity contribution in [2.45, 2.75) is 20.4 Å². The molecule has 28 heavy (non-hydrogen) atoms. The van der Waals surface area contributed by atoms with Crippen LogP contribution in [0.2, 0.25) is 0 Å². The molecule has 0 aromatic carbocycles. The van der Waals surface area contributed by atoms with Gasteiger partial charge in [0.1, 0.15) is 0 Å². The Balaban J connectivity index is 1.37. The molecule has 3 rings (SSSR count). The van der Waals surface area contributed by atoms with Gasteiger partial charge < -0.3 is 9.84 Å². The molecular formula is C18H26N6O3S. The summed E-state index contributed by atoms with van der Waals surface area (Å²) in [6, 6.07) is 3.49. The van der Waals surface area contributed by atoms with Crippen LogP contribution in [-0.2, 0) is 11.3 Å². The number of carbonyl (C=O) groups excluding carboxylic acids is 2. The highest BCUT2D eigenvalue weighted by Gasteiger charge is 2.21. The van der Waals surface area contributed by atoms with Gasteiger partial charge in [0.2, 0.25) is 17.6 Å². The number of rotatable bonds is 7. The molecule has 0 aliphatic carbocycles. The molecule has 0 atom stereocenters. The van der Waals surface area contributed by atoms with Gasteiger partial charge in [0, 0.05) is 32.7 Å². The Kier molecular flexibility index (Phi) is 7.12. The lowest BCUT2D eigenvalue weighted by atomic mass is 10.2. The SMILES string of the molecule is CC(C)CNC(=O)NC(=O)CN1CCN(Cc2nc(-c3cccs3)no2)CC1. The van der Waals surface area contributed by atoms with Crippen LogP contribution in [0.1, 0.15) is 19.7 Å². The molecule has 1 aliphatic heterocycles. The second-order valence-corrected chi connectivity index (χ2v) is 8.14. The van der Waals surface area contributed by atoms with Crippen LogP contribution in [0.25, 0.3) is 10.7 Å². The Morgan fingerprint density at radius 1 is 1.25 bits per heavy atom. The van der Waals surface area contributed by atoms with Gasteiger partial charge in [0.05, 0.1) is 18.0 Å².